The predicted octanol–water partition coefficient (Wildman–Crippen LogP) is 15.3. The van der Waals surface area contributed by atoms with E-state index in [1.165, 1.54) is 10.6 Å². The molecule has 16 rings (SSSR count). The minimum atomic E-state index is -6.40. The first-order valence-electron chi connectivity index (χ1n) is 50.1. The molecule has 16 aromatic rings. The second-order valence-corrected chi connectivity index (χ2v) is 29.7. The monoisotopic (exact) mass is 1500 g/mol. The van der Waals surface area contributed by atoms with Crippen molar-refractivity contribution < 1.29 is 86.6 Å². The van der Waals surface area contributed by atoms with Crippen LogP contribution in [0.15, 0.2) is 339 Å². The van der Waals surface area contributed by atoms with Crippen molar-refractivity contribution in [2.45, 2.75) is 33.0 Å². The zero-order valence-corrected chi connectivity index (χ0v) is 55.2. The quantitative estimate of drug-likeness (QED) is 0.0444. The maximum absolute atomic E-state index is 10.8. The molecule has 0 N–H and O–H groups in total. The molecule has 0 saturated heterocycles. The molecular formula is C89H68N4OPtSi2-2. The minimum Gasteiger partial charge on any atom is -0.510 e. The van der Waals surface area contributed by atoms with Gasteiger partial charge in [-0.25, -0.2) is 4.98 Å². The molecule has 0 bridgehead atoms. The fourth-order valence-electron chi connectivity index (χ4n) is 12.1. The van der Waals surface area contributed by atoms with Crippen molar-refractivity contribution in [1.82, 2.24) is 14.1 Å². The summed E-state index contributed by atoms with van der Waals surface area (Å²) in [4.78, 5) is 4.77. The Balaban J connectivity index is 0.0000144. The molecule has 0 aliphatic rings. The third-order valence-corrected chi connectivity index (χ3v) is 24.3. The standard InChI is InChI=1S/C89H68N4OSi2.Pt/c1-64-57-87(90-62-81(64)66-32-28-48-77(59-66)96(73-41-17-8-18-42-73,74-43-19-9-20-44-74)75-45-21-10-22-46-75)93-83-52-24-23-49-79(83)80-56-55-69(61-86(80)93)94-68-34-29-33-67(60-68)91-63-92(85-54-26-25-53-84(85)91)88-78(50-30-51-82(88)89(2,3)4)65-31-27-47-76(58-65)95(70-35-11-5-12-36-70,71-37-13-6-14-38-71)72-39-15-7-16-40-72;/h5-59,62H,1-4H3;/q-2;/i1D3,5D,6D,7D,8D,9D,10D,11D,12D,13D,14D,15D,16D,17D,18D,19D,20D,21D,22D,27D,28D,31D,32D,35D,36D,37D,38D,39D,40D,41D,42D,43D,44D,45D,46D,47D,48D,58D,59D;. The molecular weight excluding hydrogens is 1390 g/mol. The van der Waals surface area contributed by atoms with Crippen molar-refractivity contribution in [2.24, 2.45) is 0 Å². The number of hydrogen-bond donors (Lipinski definition) is 0. The van der Waals surface area contributed by atoms with Gasteiger partial charge in [-0.15, -0.1) is 29.7 Å². The number of hydrogen-bond acceptors (Lipinski definition) is 2. The van der Waals surface area contributed by atoms with Gasteiger partial charge in [0.15, 0.2) is 16.1 Å². The predicted molar refractivity (Wildman–Crippen MR) is 402 cm³/mol. The van der Waals surface area contributed by atoms with Crippen molar-refractivity contribution >= 4 is 90.5 Å². The van der Waals surface area contributed by atoms with E-state index in [4.69, 9.17) is 34.4 Å². The Labute approximate surface area is 641 Å². The largest absolute Gasteiger partial charge is 0.510 e. The van der Waals surface area contributed by atoms with Crippen LogP contribution in [0, 0.1) is 25.3 Å². The van der Waals surface area contributed by atoms with Gasteiger partial charge in [0.2, 0.25) is 0 Å². The first-order chi connectivity index (χ1) is 64.1. The molecule has 0 atom stereocenters. The van der Waals surface area contributed by atoms with E-state index in [0.29, 0.717) is 32.9 Å². The molecule has 0 radical (unpaired) electrons. The minimum absolute atomic E-state index is 0. The topological polar surface area (TPSA) is 35.9 Å². The summed E-state index contributed by atoms with van der Waals surface area (Å²) < 4.78 is 397. The number of nitrogens with zero attached hydrogens (tertiary/aromatic N) is 4. The second kappa shape index (κ2) is 26.1. The molecule has 8 heteroatoms. The molecule has 0 fully saturated rings. The van der Waals surface area contributed by atoms with Crippen LogP contribution < -0.4 is 50.8 Å². The Bertz CT molecular complexity index is 7540. The van der Waals surface area contributed by atoms with Crippen molar-refractivity contribution in [1.29, 1.82) is 0 Å². The number of pyridine rings is 1. The van der Waals surface area contributed by atoms with E-state index in [2.05, 4.69) is 18.5 Å². The molecule has 5 nitrogen and oxygen atoms in total. The average molecular weight is 1500 g/mol. The molecule has 13 aromatic carbocycles. The summed E-state index contributed by atoms with van der Waals surface area (Å²) in [6.45, 7) is 2.12. The Morgan fingerprint density at radius 3 is 1.48 bits per heavy atom. The number of imidazole rings is 1. The van der Waals surface area contributed by atoms with E-state index in [-0.39, 0.29) is 60.8 Å². The molecule has 0 aliphatic heterocycles. The molecule has 0 aliphatic carbocycles. The maximum atomic E-state index is 10.8. The zero-order chi connectivity index (χ0) is 100. The van der Waals surface area contributed by atoms with Crippen molar-refractivity contribution in [2.75, 3.05) is 0 Å². The van der Waals surface area contributed by atoms with Gasteiger partial charge in [0.05, 0.1) is 68.8 Å². The number of ether oxygens (including phenoxy) is 1. The molecule has 0 spiro atoms. The number of para-hydroxylation sites is 4. The van der Waals surface area contributed by atoms with Gasteiger partial charge in [0.1, 0.15) is 5.82 Å². The van der Waals surface area contributed by atoms with Gasteiger partial charge < -0.3 is 13.9 Å². The van der Waals surface area contributed by atoms with Gasteiger partial charge in [0, 0.05) is 54.0 Å². The fraction of sp³-hybridized carbons (Fsp3) is 0.0562. The van der Waals surface area contributed by atoms with E-state index in [0.717, 1.165) is 12.3 Å². The summed E-state index contributed by atoms with van der Waals surface area (Å²) in [6.07, 6.45) is 4.32. The third kappa shape index (κ3) is 11.0. The van der Waals surface area contributed by atoms with Gasteiger partial charge in [0.25, 0.3) is 6.33 Å². The molecule has 0 unspecified atom stereocenters. The van der Waals surface area contributed by atoms with Crippen LogP contribution in [0.1, 0.15) is 88.1 Å². The number of rotatable bonds is 15. The molecule has 0 amide bonds. The fourth-order valence-corrected chi connectivity index (χ4v) is 19.3. The average Bonchev–Trinajstić information content (AvgIpc) is 0.829. The van der Waals surface area contributed by atoms with E-state index < -0.39 is 322 Å². The normalized spacial score (nSPS) is 17.9. The van der Waals surface area contributed by atoms with Crippen LogP contribution in [0.4, 0.5) is 0 Å². The Morgan fingerprint density at radius 2 is 0.948 bits per heavy atom. The van der Waals surface area contributed by atoms with Gasteiger partial charge in [-0.1, -0.05) is 317 Å². The van der Waals surface area contributed by atoms with E-state index >= 15 is 0 Å². The van der Waals surface area contributed by atoms with Crippen LogP contribution in [0.2, 0.25) is 0 Å². The summed E-state index contributed by atoms with van der Waals surface area (Å²) in [6, 6.07) is -9.97. The summed E-state index contributed by atoms with van der Waals surface area (Å²) in [7, 11) is -12.7. The maximum Gasteiger partial charge on any atom is 0.268 e. The van der Waals surface area contributed by atoms with Gasteiger partial charge in [-0.3, -0.25) is 4.57 Å². The Hall–Kier alpha value is -10.8. The number of aryl methyl sites for hydroxylation is 1. The van der Waals surface area contributed by atoms with Crippen LogP contribution in [0.3, 0.4) is 0 Å². The summed E-state index contributed by atoms with van der Waals surface area (Å²) in [5, 5.41) is -7.56. The van der Waals surface area contributed by atoms with Crippen molar-refractivity contribution in [3.05, 3.63) is 369 Å². The smallest absolute Gasteiger partial charge is 0.268 e. The summed E-state index contributed by atoms with van der Waals surface area (Å²) in [5.74, 6) is -0.208. The van der Waals surface area contributed by atoms with Crippen molar-refractivity contribution in [3.8, 4) is 50.9 Å². The van der Waals surface area contributed by atoms with E-state index in [9.17, 15) is 31.5 Å². The van der Waals surface area contributed by atoms with Gasteiger partial charge in [-0.2, -0.15) is 18.2 Å². The molecule has 0 saturated carbocycles. The van der Waals surface area contributed by atoms with Gasteiger partial charge in [-0.05, 0) is 105 Å². The van der Waals surface area contributed by atoms with Crippen LogP contribution in [-0.2, 0) is 26.5 Å². The molecule has 470 valence electrons. The Morgan fingerprint density at radius 1 is 0.464 bits per heavy atom. The third-order valence-electron chi connectivity index (χ3n) is 16.3. The van der Waals surface area contributed by atoms with Crippen LogP contribution in [-0.4, -0.2) is 30.3 Å². The van der Waals surface area contributed by atoms with Crippen LogP contribution in [0.25, 0.3) is 72.3 Å². The van der Waals surface area contributed by atoms with Crippen molar-refractivity contribution in [3.63, 3.8) is 0 Å². The zero-order valence-electron chi connectivity index (χ0n) is 91.9. The second-order valence-electron chi connectivity index (χ2n) is 22.7. The molecule has 97 heavy (non-hydrogen) atoms. The number of fused-ring (bicyclic) bond motifs is 4. The van der Waals surface area contributed by atoms with E-state index in [1.807, 2.05) is 20.8 Å². The Kier molecular flexibility index (Phi) is 8.44. The number of aromatic nitrogens is 4. The van der Waals surface area contributed by atoms with E-state index in [1.54, 1.807) is 100 Å². The van der Waals surface area contributed by atoms with Crippen LogP contribution >= 0.6 is 0 Å². The summed E-state index contributed by atoms with van der Waals surface area (Å²) >= 11 is 0. The first-order valence-corrected chi connectivity index (χ1v) is 33.6. The summed E-state index contributed by atoms with van der Waals surface area (Å²) in [5.41, 5.74) is -1.95. The molecule has 3 aromatic heterocycles. The van der Waals surface area contributed by atoms with Gasteiger partial charge >= 0.3 is 0 Å². The first kappa shape index (κ1) is 31.4. The SMILES string of the molecule is [2H]c1c([2H])c([2H])c([Si](c2c([2H])c([2H])c([2H])c([2H])c2[2H])(c2c([2H])c([2H])c([2H])c([2H])c2[2H])c2c([2H])c([2H])c([2H])c(-c3cnc(-n4c5[c-]c(Oc6[c-]c(-n7[c-][n+](-c8c(-c9c([2H])c([2H])c([2H])c([Si](c%10c([2H])c([2H])c([2H])c([2H])c%10[2H])(c%10c([2H])c([2H])c([2H])c([2H])c%10[2H])c%10c([2H])c([2H])c([2H])c([2H])c%10[2H])c9[2H])cccc8C(C)(C)C)c8ccccc87)ccc6)ccc5c5ccccc54)cc3C([2H])([2H])[2H])c2[2H])c([2H])c1[2H].[Pt]. The van der Waals surface area contributed by atoms with Crippen LogP contribution in [0.5, 0.6) is 11.5 Å². The number of benzene rings is 13. The molecule has 3 heterocycles.